The Morgan fingerprint density at radius 3 is 2.50 bits per heavy atom. The van der Waals surface area contributed by atoms with Gasteiger partial charge in [-0.1, -0.05) is 18.2 Å². The number of aryl methyl sites for hydroxylation is 1. The summed E-state index contributed by atoms with van der Waals surface area (Å²) in [5, 5.41) is 8.99. The lowest BCUT2D eigenvalue weighted by Gasteiger charge is -2.10. The predicted octanol–water partition coefficient (Wildman–Crippen LogP) is 3.99. The van der Waals surface area contributed by atoms with Crippen LogP contribution in [0.5, 0.6) is 5.75 Å². The fraction of sp³-hybridized carbons (Fsp3) is 0.188. The number of rotatable bonds is 5. The number of benzene rings is 2. The summed E-state index contributed by atoms with van der Waals surface area (Å²) in [4.78, 5) is 12.2. The second-order valence-corrected chi connectivity index (χ2v) is 5.30. The molecule has 2 rings (SSSR count). The van der Waals surface area contributed by atoms with Gasteiger partial charge in [0, 0.05) is 4.90 Å². The molecule has 104 valence electrons. The fourth-order valence-electron chi connectivity index (χ4n) is 1.77. The van der Waals surface area contributed by atoms with Gasteiger partial charge in [-0.3, -0.25) is 0 Å². The Morgan fingerprint density at radius 1 is 1.20 bits per heavy atom. The fourth-order valence-corrected chi connectivity index (χ4v) is 2.18. The van der Waals surface area contributed by atoms with Crippen LogP contribution in [0.2, 0.25) is 0 Å². The summed E-state index contributed by atoms with van der Waals surface area (Å²) in [5.41, 5.74) is 2.22. The van der Waals surface area contributed by atoms with Gasteiger partial charge in [-0.05, 0) is 48.6 Å². The van der Waals surface area contributed by atoms with Crippen molar-refractivity contribution in [3.63, 3.8) is 0 Å². The Bertz CT molecular complexity index is 606. The Morgan fingerprint density at radius 2 is 1.90 bits per heavy atom. The minimum Gasteiger partial charge on any atom is -0.489 e. The van der Waals surface area contributed by atoms with Gasteiger partial charge in [0.1, 0.15) is 12.4 Å². The second kappa shape index (κ2) is 6.48. The van der Waals surface area contributed by atoms with Crippen molar-refractivity contribution in [3.8, 4) is 5.75 Å². The number of hydrogen-bond donors (Lipinski definition) is 1. The van der Waals surface area contributed by atoms with Gasteiger partial charge in [0.2, 0.25) is 0 Å². The molecule has 0 aromatic heterocycles. The molecule has 0 aliphatic heterocycles. The summed E-state index contributed by atoms with van der Waals surface area (Å²) in [5.74, 6) is -0.335. The van der Waals surface area contributed by atoms with Crippen LogP contribution in [-0.2, 0) is 6.61 Å². The number of thioether (sulfide) groups is 1. The van der Waals surface area contributed by atoms with E-state index in [0.717, 1.165) is 11.1 Å². The summed E-state index contributed by atoms with van der Waals surface area (Å²) >= 11 is 1.69. The topological polar surface area (TPSA) is 46.5 Å². The summed E-state index contributed by atoms with van der Waals surface area (Å²) in [6.07, 6.45) is 2.03. The molecule has 0 amide bonds. The first-order chi connectivity index (χ1) is 9.60. The zero-order valence-electron chi connectivity index (χ0n) is 11.4. The number of carbonyl (C=O) groups is 1. The predicted molar refractivity (Wildman–Crippen MR) is 80.7 cm³/mol. The standard InChI is InChI=1S/C16H16O3S/c1-11-3-6-13(16(17)18)9-15(11)19-10-12-4-7-14(20-2)8-5-12/h3-9H,10H2,1-2H3,(H,17,18). The summed E-state index contributed by atoms with van der Waals surface area (Å²) < 4.78 is 5.72. The van der Waals surface area contributed by atoms with Crippen molar-refractivity contribution >= 4 is 17.7 Å². The molecule has 4 heteroatoms. The van der Waals surface area contributed by atoms with Crippen LogP contribution in [0, 0.1) is 6.92 Å². The van der Waals surface area contributed by atoms with Crippen LogP contribution in [0.3, 0.4) is 0 Å². The molecule has 0 spiro atoms. The third-order valence-electron chi connectivity index (χ3n) is 2.99. The van der Waals surface area contributed by atoms with Gasteiger partial charge in [-0.2, -0.15) is 0 Å². The van der Waals surface area contributed by atoms with E-state index in [9.17, 15) is 4.79 Å². The Balaban J connectivity index is 2.09. The van der Waals surface area contributed by atoms with Gasteiger partial charge in [0.15, 0.2) is 0 Å². The van der Waals surface area contributed by atoms with Crippen LogP contribution >= 0.6 is 11.8 Å². The molecule has 0 radical (unpaired) electrons. The first kappa shape index (κ1) is 14.5. The van der Waals surface area contributed by atoms with Crippen molar-refractivity contribution in [1.82, 2.24) is 0 Å². The van der Waals surface area contributed by atoms with Gasteiger partial charge in [-0.25, -0.2) is 4.79 Å². The van der Waals surface area contributed by atoms with Gasteiger partial charge < -0.3 is 9.84 Å². The van der Waals surface area contributed by atoms with Gasteiger partial charge in [0.25, 0.3) is 0 Å². The number of aromatic carboxylic acids is 1. The van der Waals surface area contributed by atoms with Crippen molar-refractivity contribution in [1.29, 1.82) is 0 Å². The van der Waals surface area contributed by atoms with Gasteiger partial charge in [0.05, 0.1) is 5.56 Å². The van der Waals surface area contributed by atoms with Crippen molar-refractivity contribution in [2.24, 2.45) is 0 Å². The SMILES string of the molecule is CSc1ccc(COc2cc(C(=O)O)ccc2C)cc1. The summed E-state index contributed by atoms with van der Waals surface area (Å²) in [6.45, 7) is 2.33. The minimum atomic E-state index is -0.945. The molecule has 2 aromatic carbocycles. The average molecular weight is 288 g/mol. The summed E-state index contributed by atoms with van der Waals surface area (Å²) in [7, 11) is 0. The van der Waals surface area contributed by atoms with Crippen LogP contribution in [0.1, 0.15) is 21.5 Å². The average Bonchev–Trinajstić information content (AvgIpc) is 2.46. The highest BCUT2D eigenvalue weighted by Gasteiger charge is 2.07. The van der Waals surface area contributed by atoms with Crippen LogP contribution in [-0.4, -0.2) is 17.3 Å². The summed E-state index contributed by atoms with van der Waals surface area (Å²) in [6, 6.07) is 13.0. The molecule has 0 saturated carbocycles. The zero-order valence-corrected chi connectivity index (χ0v) is 12.2. The molecular formula is C16H16O3S. The molecule has 0 saturated heterocycles. The largest absolute Gasteiger partial charge is 0.489 e. The molecule has 0 heterocycles. The van der Waals surface area contributed by atoms with E-state index in [2.05, 4.69) is 0 Å². The lowest BCUT2D eigenvalue weighted by Crippen LogP contribution is -2.01. The Labute approximate surface area is 122 Å². The number of carboxylic acids is 1. The highest BCUT2D eigenvalue weighted by molar-refractivity contribution is 7.98. The maximum absolute atomic E-state index is 11.0. The van der Waals surface area contributed by atoms with E-state index in [1.165, 1.54) is 4.90 Å². The molecule has 0 aliphatic rings. The normalized spacial score (nSPS) is 10.3. The molecule has 0 fully saturated rings. The monoisotopic (exact) mass is 288 g/mol. The van der Waals surface area contributed by atoms with E-state index in [-0.39, 0.29) is 5.56 Å². The first-order valence-electron chi connectivity index (χ1n) is 6.20. The van der Waals surface area contributed by atoms with E-state index in [1.54, 1.807) is 30.0 Å². The lowest BCUT2D eigenvalue weighted by molar-refractivity contribution is 0.0696. The van der Waals surface area contributed by atoms with E-state index < -0.39 is 5.97 Å². The van der Waals surface area contributed by atoms with E-state index >= 15 is 0 Å². The van der Waals surface area contributed by atoms with Crippen molar-refractivity contribution in [2.75, 3.05) is 6.26 Å². The highest BCUT2D eigenvalue weighted by Crippen LogP contribution is 2.21. The molecule has 0 atom stereocenters. The smallest absolute Gasteiger partial charge is 0.335 e. The lowest BCUT2D eigenvalue weighted by atomic mass is 10.1. The minimum absolute atomic E-state index is 0.239. The van der Waals surface area contributed by atoms with E-state index in [1.807, 2.05) is 37.4 Å². The van der Waals surface area contributed by atoms with Gasteiger partial charge in [-0.15, -0.1) is 11.8 Å². The maximum Gasteiger partial charge on any atom is 0.335 e. The number of ether oxygens (including phenoxy) is 1. The Kier molecular flexibility index (Phi) is 4.69. The number of carboxylic acid groups (broad SMARTS) is 1. The van der Waals surface area contributed by atoms with Crippen molar-refractivity contribution in [3.05, 3.63) is 59.2 Å². The van der Waals surface area contributed by atoms with Crippen LogP contribution < -0.4 is 4.74 Å². The molecule has 0 bridgehead atoms. The molecule has 20 heavy (non-hydrogen) atoms. The molecule has 0 aliphatic carbocycles. The molecule has 2 aromatic rings. The zero-order chi connectivity index (χ0) is 14.5. The maximum atomic E-state index is 11.0. The third kappa shape index (κ3) is 3.54. The van der Waals surface area contributed by atoms with Gasteiger partial charge >= 0.3 is 5.97 Å². The van der Waals surface area contributed by atoms with E-state index in [4.69, 9.17) is 9.84 Å². The second-order valence-electron chi connectivity index (χ2n) is 4.42. The van der Waals surface area contributed by atoms with E-state index in [0.29, 0.717) is 12.4 Å². The van der Waals surface area contributed by atoms with Crippen LogP contribution in [0.4, 0.5) is 0 Å². The van der Waals surface area contributed by atoms with Crippen molar-refractivity contribution < 1.29 is 14.6 Å². The third-order valence-corrected chi connectivity index (χ3v) is 3.73. The Hall–Kier alpha value is -1.94. The number of hydrogen-bond acceptors (Lipinski definition) is 3. The molecule has 0 unspecified atom stereocenters. The van der Waals surface area contributed by atoms with Crippen LogP contribution in [0.25, 0.3) is 0 Å². The van der Waals surface area contributed by atoms with Crippen LogP contribution in [0.15, 0.2) is 47.4 Å². The molecule has 1 N–H and O–H groups in total. The highest BCUT2D eigenvalue weighted by atomic mass is 32.2. The quantitative estimate of drug-likeness (QED) is 0.845. The molecular weight excluding hydrogens is 272 g/mol. The first-order valence-corrected chi connectivity index (χ1v) is 7.42. The van der Waals surface area contributed by atoms with Crippen molar-refractivity contribution in [2.45, 2.75) is 18.4 Å². The molecule has 3 nitrogen and oxygen atoms in total.